The van der Waals surface area contributed by atoms with Crippen molar-refractivity contribution in [2.24, 2.45) is 5.92 Å². The average Bonchev–Trinajstić information content (AvgIpc) is 2.97. The van der Waals surface area contributed by atoms with Gasteiger partial charge in [-0.1, -0.05) is 13.8 Å². The average molecular weight is 363 g/mol. The van der Waals surface area contributed by atoms with Gasteiger partial charge in [0, 0.05) is 25.7 Å². The van der Waals surface area contributed by atoms with Gasteiger partial charge in [-0.15, -0.1) is 0 Å². The number of nitrogens with one attached hydrogen (secondary N) is 2. The Morgan fingerprint density at radius 1 is 1.27 bits per heavy atom. The zero-order valence-electron chi connectivity index (χ0n) is 14.9. The molecule has 2 N–H and O–H groups in total. The lowest BCUT2D eigenvalue weighted by Gasteiger charge is -2.28. The molecule has 1 aromatic heterocycles. The molecule has 0 atom stereocenters. The van der Waals surface area contributed by atoms with Gasteiger partial charge in [0.15, 0.2) is 0 Å². The zero-order valence-corrected chi connectivity index (χ0v) is 14.9. The largest absolute Gasteiger partial charge is 0.332 e. The van der Waals surface area contributed by atoms with Crippen molar-refractivity contribution >= 4 is 11.7 Å². The first-order valence-electron chi connectivity index (χ1n) is 8.68. The standard InChI is InChI=1S/C18H23F2N5O/c1-12(2)10-24-5-6-25-15(11-24)8-14(23-25)9-21-18(26)22-17-4-3-13(19)7-16(17)20/h3-4,7-8,12H,5-6,9-11H2,1-2H3,(H2,21,22,26). The van der Waals surface area contributed by atoms with Crippen LogP contribution in [0.1, 0.15) is 25.2 Å². The van der Waals surface area contributed by atoms with Crippen LogP contribution in [0.15, 0.2) is 24.3 Å². The summed E-state index contributed by atoms with van der Waals surface area (Å²) in [5.74, 6) is -0.896. The molecule has 3 rings (SSSR count). The molecule has 0 saturated heterocycles. The van der Waals surface area contributed by atoms with E-state index in [4.69, 9.17) is 0 Å². The van der Waals surface area contributed by atoms with Crippen LogP contribution in [-0.2, 0) is 19.6 Å². The maximum atomic E-state index is 13.6. The summed E-state index contributed by atoms with van der Waals surface area (Å²) in [7, 11) is 0. The van der Waals surface area contributed by atoms with Crippen LogP contribution in [-0.4, -0.2) is 33.8 Å². The number of hydrogen-bond donors (Lipinski definition) is 2. The molecular formula is C18H23F2N5O. The van der Waals surface area contributed by atoms with E-state index < -0.39 is 17.7 Å². The van der Waals surface area contributed by atoms with Crippen molar-refractivity contribution in [3.63, 3.8) is 0 Å². The number of benzene rings is 1. The molecule has 0 fully saturated rings. The first-order valence-corrected chi connectivity index (χ1v) is 8.68. The van der Waals surface area contributed by atoms with Crippen LogP contribution in [0, 0.1) is 17.6 Å². The normalized spacial score (nSPS) is 14.3. The smallest absolute Gasteiger partial charge is 0.319 e. The number of amides is 2. The number of fused-ring (bicyclic) bond motifs is 1. The van der Waals surface area contributed by atoms with Crippen LogP contribution < -0.4 is 10.6 Å². The fraction of sp³-hybridized carbons (Fsp3) is 0.444. The third-order valence-corrected chi connectivity index (χ3v) is 4.16. The second-order valence-corrected chi connectivity index (χ2v) is 6.91. The minimum atomic E-state index is -0.817. The molecule has 140 valence electrons. The molecule has 1 aromatic carbocycles. The van der Waals surface area contributed by atoms with Gasteiger partial charge in [0.2, 0.25) is 0 Å². The highest BCUT2D eigenvalue weighted by Gasteiger charge is 2.19. The van der Waals surface area contributed by atoms with E-state index in [-0.39, 0.29) is 12.2 Å². The Morgan fingerprint density at radius 2 is 2.08 bits per heavy atom. The Bertz CT molecular complexity index is 790. The van der Waals surface area contributed by atoms with Gasteiger partial charge in [0.25, 0.3) is 0 Å². The minimum Gasteiger partial charge on any atom is -0.332 e. The second-order valence-electron chi connectivity index (χ2n) is 6.91. The van der Waals surface area contributed by atoms with Gasteiger partial charge in [0.05, 0.1) is 30.2 Å². The van der Waals surface area contributed by atoms with E-state index in [0.717, 1.165) is 49.7 Å². The minimum absolute atomic E-state index is 0.0719. The monoisotopic (exact) mass is 363 g/mol. The van der Waals surface area contributed by atoms with E-state index in [1.165, 1.54) is 6.07 Å². The van der Waals surface area contributed by atoms with E-state index in [0.29, 0.717) is 5.92 Å². The van der Waals surface area contributed by atoms with E-state index in [1.54, 1.807) is 0 Å². The van der Waals surface area contributed by atoms with Crippen molar-refractivity contribution in [3.8, 4) is 0 Å². The molecule has 2 amide bonds. The van der Waals surface area contributed by atoms with Crippen LogP contribution in [0.4, 0.5) is 19.3 Å². The molecule has 0 radical (unpaired) electrons. The van der Waals surface area contributed by atoms with Gasteiger partial charge in [-0.25, -0.2) is 13.6 Å². The summed E-state index contributed by atoms with van der Waals surface area (Å²) in [6.07, 6.45) is 0. The summed E-state index contributed by atoms with van der Waals surface area (Å²) in [6, 6.07) is 4.41. The number of anilines is 1. The third-order valence-electron chi connectivity index (χ3n) is 4.16. The van der Waals surface area contributed by atoms with E-state index in [1.807, 2.05) is 10.7 Å². The van der Waals surface area contributed by atoms with Crippen molar-refractivity contribution in [1.82, 2.24) is 20.0 Å². The topological polar surface area (TPSA) is 62.2 Å². The second kappa shape index (κ2) is 7.82. The van der Waals surface area contributed by atoms with Crippen molar-refractivity contribution in [2.45, 2.75) is 33.5 Å². The number of hydrogen-bond acceptors (Lipinski definition) is 3. The van der Waals surface area contributed by atoms with Crippen LogP contribution >= 0.6 is 0 Å². The summed E-state index contributed by atoms with van der Waals surface area (Å²) in [5, 5.41) is 9.50. The Balaban J connectivity index is 1.54. The lowest BCUT2D eigenvalue weighted by molar-refractivity contribution is 0.192. The van der Waals surface area contributed by atoms with Crippen molar-refractivity contribution in [2.75, 3.05) is 18.4 Å². The molecule has 1 aliphatic heterocycles. The third kappa shape index (κ3) is 4.57. The number of aromatic nitrogens is 2. The number of carbonyl (C=O) groups excluding carboxylic acids is 1. The van der Waals surface area contributed by atoms with Crippen LogP contribution in [0.25, 0.3) is 0 Å². The van der Waals surface area contributed by atoms with E-state index in [9.17, 15) is 13.6 Å². The molecule has 1 aliphatic rings. The fourth-order valence-electron chi connectivity index (χ4n) is 3.07. The number of urea groups is 1. The molecule has 6 nitrogen and oxygen atoms in total. The first-order chi connectivity index (χ1) is 12.4. The molecule has 0 spiro atoms. The predicted molar refractivity (Wildman–Crippen MR) is 94.6 cm³/mol. The van der Waals surface area contributed by atoms with Gasteiger partial charge < -0.3 is 10.6 Å². The summed E-state index contributed by atoms with van der Waals surface area (Å²) in [6.45, 7) is 8.31. The fourth-order valence-corrected chi connectivity index (χ4v) is 3.07. The van der Waals surface area contributed by atoms with Crippen LogP contribution in [0.5, 0.6) is 0 Å². The Hall–Kier alpha value is -2.48. The van der Waals surface area contributed by atoms with Crippen molar-refractivity contribution in [3.05, 3.63) is 47.3 Å². The van der Waals surface area contributed by atoms with Gasteiger partial charge in [-0.3, -0.25) is 9.58 Å². The SMILES string of the molecule is CC(C)CN1CCn2nc(CNC(=O)Nc3ccc(F)cc3F)cc2C1. The molecule has 2 aromatic rings. The number of carbonyl (C=O) groups is 1. The Labute approximate surface area is 151 Å². The zero-order chi connectivity index (χ0) is 18.7. The molecular weight excluding hydrogens is 340 g/mol. The molecule has 8 heteroatoms. The maximum absolute atomic E-state index is 13.6. The molecule has 0 unspecified atom stereocenters. The summed E-state index contributed by atoms with van der Waals surface area (Å²) >= 11 is 0. The molecule has 2 heterocycles. The van der Waals surface area contributed by atoms with Crippen LogP contribution in [0.3, 0.4) is 0 Å². The van der Waals surface area contributed by atoms with Gasteiger partial charge in [0.1, 0.15) is 11.6 Å². The predicted octanol–water partition coefficient (Wildman–Crippen LogP) is 2.95. The van der Waals surface area contributed by atoms with Gasteiger partial charge >= 0.3 is 6.03 Å². The number of halogens is 2. The number of nitrogens with zero attached hydrogens (tertiary/aromatic N) is 3. The Kier molecular flexibility index (Phi) is 5.51. The lowest BCUT2D eigenvalue weighted by atomic mass is 10.2. The summed E-state index contributed by atoms with van der Waals surface area (Å²) < 4.78 is 28.4. The number of rotatable bonds is 5. The maximum Gasteiger partial charge on any atom is 0.319 e. The highest BCUT2D eigenvalue weighted by molar-refractivity contribution is 5.89. The van der Waals surface area contributed by atoms with Crippen molar-refractivity contribution < 1.29 is 13.6 Å². The van der Waals surface area contributed by atoms with Gasteiger partial charge in [-0.2, -0.15) is 5.10 Å². The van der Waals surface area contributed by atoms with E-state index in [2.05, 4.69) is 34.5 Å². The molecule has 0 saturated carbocycles. The summed E-state index contributed by atoms with van der Waals surface area (Å²) in [5.41, 5.74) is 1.80. The first kappa shape index (κ1) is 18.3. The quantitative estimate of drug-likeness (QED) is 0.859. The summed E-state index contributed by atoms with van der Waals surface area (Å²) in [4.78, 5) is 14.3. The highest BCUT2D eigenvalue weighted by Crippen LogP contribution is 2.16. The molecule has 26 heavy (non-hydrogen) atoms. The molecule has 0 bridgehead atoms. The van der Waals surface area contributed by atoms with Gasteiger partial charge in [-0.05, 0) is 24.1 Å². The van der Waals surface area contributed by atoms with E-state index >= 15 is 0 Å². The van der Waals surface area contributed by atoms with Crippen LogP contribution in [0.2, 0.25) is 0 Å². The Morgan fingerprint density at radius 3 is 2.81 bits per heavy atom. The van der Waals surface area contributed by atoms with Crippen molar-refractivity contribution in [1.29, 1.82) is 0 Å². The molecule has 0 aliphatic carbocycles. The highest BCUT2D eigenvalue weighted by atomic mass is 19.1. The lowest BCUT2D eigenvalue weighted by Crippen LogP contribution is -2.36.